The normalized spacial score (nSPS) is 21.4. The predicted octanol–water partition coefficient (Wildman–Crippen LogP) is 2.13. The van der Waals surface area contributed by atoms with Gasteiger partial charge in [-0.1, -0.05) is 18.2 Å². The molecule has 0 aromatic heterocycles. The number of benzene rings is 1. The minimum atomic E-state index is 0.155. The molecule has 2 N–H and O–H groups in total. The van der Waals surface area contributed by atoms with E-state index in [1.54, 1.807) is 0 Å². The second-order valence-corrected chi connectivity index (χ2v) is 4.74. The van der Waals surface area contributed by atoms with Crippen LogP contribution in [-0.4, -0.2) is 25.4 Å². The lowest BCUT2D eigenvalue weighted by Crippen LogP contribution is -2.20. The van der Waals surface area contributed by atoms with Crippen LogP contribution in [0, 0.1) is 0 Å². The third-order valence-corrected chi connectivity index (χ3v) is 2.96. The number of nitrogens with two attached hydrogens (primary N) is 1. The zero-order chi connectivity index (χ0) is 12.1. The van der Waals surface area contributed by atoms with Crippen molar-refractivity contribution >= 4 is 0 Å². The molecule has 0 spiro atoms. The van der Waals surface area contributed by atoms with E-state index in [-0.39, 0.29) is 12.1 Å². The van der Waals surface area contributed by atoms with E-state index in [0.29, 0.717) is 6.61 Å². The Bertz CT molecular complexity index is 346. The Morgan fingerprint density at radius 1 is 1.47 bits per heavy atom. The van der Waals surface area contributed by atoms with Crippen LogP contribution in [0.1, 0.15) is 25.3 Å². The molecule has 1 saturated heterocycles. The summed E-state index contributed by atoms with van der Waals surface area (Å²) in [6.45, 7) is 3.53. The molecule has 94 valence electrons. The lowest BCUT2D eigenvalue weighted by Gasteiger charge is -2.15. The summed E-state index contributed by atoms with van der Waals surface area (Å²) in [6.07, 6.45) is 3.37. The average molecular weight is 235 g/mol. The monoisotopic (exact) mass is 235 g/mol. The van der Waals surface area contributed by atoms with E-state index in [2.05, 4.69) is 6.07 Å². The smallest absolute Gasteiger partial charge is 0.122 e. The fourth-order valence-corrected chi connectivity index (χ4v) is 2.12. The van der Waals surface area contributed by atoms with Crippen LogP contribution in [0.3, 0.4) is 0 Å². The highest BCUT2D eigenvalue weighted by Gasteiger charge is 2.16. The summed E-state index contributed by atoms with van der Waals surface area (Å²) in [6, 6.07) is 8.26. The topological polar surface area (TPSA) is 44.5 Å². The Morgan fingerprint density at radius 2 is 2.29 bits per heavy atom. The van der Waals surface area contributed by atoms with Crippen LogP contribution in [-0.2, 0) is 11.2 Å². The molecule has 3 heteroatoms. The molecule has 1 aromatic carbocycles. The van der Waals surface area contributed by atoms with E-state index in [1.807, 2.05) is 25.1 Å². The molecule has 17 heavy (non-hydrogen) atoms. The van der Waals surface area contributed by atoms with Crippen LogP contribution >= 0.6 is 0 Å². The maximum atomic E-state index is 5.84. The highest BCUT2D eigenvalue weighted by molar-refractivity contribution is 5.33. The summed E-state index contributed by atoms with van der Waals surface area (Å²) in [5.41, 5.74) is 7.01. The van der Waals surface area contributed by atoms with Crippen molar-refractivity contribution < 1.29 is 9.47 Å². The first-order valence-corrected chi connectivity index (χ1v) is 6.33. The third kappa shape index (κ3) is 3.72. The molecule has 3 nitrogen and oxygen atoms in total. The van der Waals surface area contributed by atoms with E-state index in [0.717, 1.165) is 31.6 Å². The molecule has 0 amide bonds. The van der Waals surface area contributed by atoms with Crippen molar-refractivity contribution in [2.45, 2.75) is 38.3 Å². The van der Waals surface area contributed by atoms with E-state index < -0.39 is 0 Å². The second-order valence-electron chi connectivity index (χ2n) is 4.74. The van der Waals surface area contributed by atoms with Crippen molar-refractivity contribution in [2.24, 2.45) is 5.73 Å². The molecule has 2 unspecified atom stereocenters. The Morgan fingerprint density at radius 3 is 3.00 bits per heavy atom. The first-order chi connectivity index (χ1) is 8.25. The number of ether oxygens (including phenoxy) is 2. The molecule has 2 rings (SSSR count). The Hall–Kier alpha value is -1.06. The summed E-state index contributed by atoms with van der Waals surface area (Å²) in [7, 11) is 0. The van der Waals surface area contributed by atoms with Crippen LogP contribution in [0.25, 0.3) is 0 Å². The van der Waals surface area contributed by atoms with Gasteiger partial charge in [0.1, 0.15) is 12.4 Å². The molecule has 1 aromatic rings. The number of para-hydroxylation sites is 1. The van der Waals surface area contributed by atoms with E-state index >= 15 is 0 Å². The Labute approximate surface area is 103 Å². The predicted molar refractivity (Wildman–Crippen MR) is 68.3 cm³/mol. The van der Waals surface area contributed by atoms with Crippen molar-refractivity contribution in [2.75, 3.05) is 13.2 Å². The van der Waals surface area contributed by atoms with Gasteiger partial charge in [0.25, 0.3) is 0 Å². The van der Waals surface area contributed by atoms with Crippen molar-refractivity contribution in [3.8, 4) is 5.75 Å². The Kier molecular flexibility index (Phi) is 4.40. The zero-order valence-corrected chi connectivity index (χ0v) is 10.4. The summed E-state index contributed by atoms with van der Waals surface area (Å²) in [5, 5.41) is 0. The van der Waals surface area contributed by atoms with Crippen molar-refractivity contribution in [3.05, 3.63) is 29.8 Å². The van der Waals surface area contributed by atoms with E-state index in [1.165, 1.54) is 5.56 Å². The molecule has 0 bridgehead atoms. The summed E-state index contributed by atoms with van der Waals surface area (Å²) in [4.78, 5) is 0. The third-order valence-electron chi connectivity index (χ3n) is 2.96. The standard InChI is InChI=1S/C14H21NO2/c1-11(15)9-12-5-2-3-7-14(12)17-10-13-6-4-8-16-13/h2-3,5,7,11,13H,4,6,8-10,15H2,1H3. The zero-order valence-electron chi connectivity index (χ0n) is 10.4. The van der Waals surface area contributed by atoms with Crippen molar-refractivity contribution in [1.82, 2.24) is 0 Å². The molecule has 0 aliphatic carbocycles. The fraction of sp³-hybridized carbons (Fsp3) is 0.571. The molecule has 1 fully saturated rings. The minimum absolute atomic E-state index is 0.155. The summed E-state index contributed by atoms with van der Waals surface area (Å²) < 4.78 is 11.4. The van der Waals surface area contributed by atoms with Gasteiger partial charge in [0.15, 0.2) is 0 Å². The fourth-order valence-electron chi connectivity index (χ4n) is 2.12. The van der Waals surface area contributed by atoms with Crippen LogP contribution in [0.4, 0.5) is 0 Å². The molecule has 2 atom stereocenters. The molecule has 1 aliphatic rings. The SMILES string of the molecule is CC(N)Cc1ccccc1OCC1CCCO1. The average Bonchev–Trinajstić information content (AvgIpc) is 2.80. The molecular formula is C14H21NO2. The van der Waals surface area contributed by atoms with Gasteiger partial charge in [-0.3, -0.25) is 0 Å². The van der Waals surface area contributed by atoms with Gasteiger partial charge < -0.3 is 15.2 Å². The van der Waals surface area contributed by atoms with Crippen LogP contribution in [0.5, 0.6) is 5.75 Å². The van der Waals surface area contributed by atoms with Gasteiger partial charge in [0, 0.05) is 12.6 Å². The number of hydrogen-bond acceptors (Lipinski definition) is 3. The van der Waals surface area contributed by atoms with Gasteiger partial charge in [-0.05, 0) is 37.8 Å². The molecular weight excluding hydrogens is 214 g/mol. The van der Waals surface area contributed by atoms with E-state index in [4.69, 9.17) is 15.2 Å². The lowest BCUT2D eigenvalue weighted by molar-refractivity contribution is 0.0676. The number of rotatable bonds is 5. The van der Waals surface area contributed by atoms with Crippen LogP contribution in [0.15, 0.2) is 24.3 Å². The largest absolute Gasteiger partial charge is 0.491 e. The van der Waals surface area contributed by atoms with Crippen LogP contribution < -0.4 is 10.5 Å². The molecule has 1 heterocycles. The van der Waals surface area contributed by atoms with E-state index in [9.17, 15) is 0 Å². The summed E-state index contributed by atoms with van der Waals surface area (Å²) in [5.74, 6) is 0.945. The maximum absolute atomic E-state index is 5.84. The maximum Gasteiger partial charge on any atom is 0.122 e. The molecule has 0 radical (unpaired) electrons. The van der Waals surface area contributed by atoms with Gasteiger partial charge in [0.2, 0.25) is 0 Å². The lowest BCUT2D eigenvalue weighted by atomic mass is 10.1. The molecule has 0 saturated carbocycles. The highest BCUT2D eigenvalue weighted by Crippen LogP contribution is 2.21. The van der Waals surface area contributed by atoms with Crippen LogP contribution in [0.2, 0.25) is 0 Å². The van der Waals surface area contributed by atoms with Gasteiger partial charge in [-0.25, -0.2) is 0 Å². The highest BCUT2D eigenvalue weighted by atomic mass is 16.5. The van der Waals surface area contributed by atoms with Gasteiger partial charge in [0.05, 0.1) is 6.10 Å². The Balaban J connectivity index is 1.94. The van der Waals surface area contributed by atoms with Gasteiger partial charge >= 0.3 is 0 Å². The molecule has 1 aliphatic heterocycles. The quantitative estimate of drug-likeness (QED) is 0.850. The first kappa shape index (κ1) is 12.4. The van der Waals surface area contributed by atoms with Gasteiger partial charge in [-0.2, -0.15) is 0 Å². The number of hydrogen-bond donors (Lipinski definition) is 1. The first-order valence-electron chi connectivity index (χ1n) is 6.33. The summed E-state index contributed by atoms with van der Waals surface area (Å²) >= 11 is 0. The van der Waals surface area contributed by atoms with Gasteiger partial charge in [-0.15, -0.1) is 0 Å². The van der Waals surface area contributed by atoms with Crippen molar-refractivity contribution in [1.29, 1.82) is 0 Å². The minimum Gasteiger partial charge on any atom is -0.491 e. The second kappa shape index (κ2) is 6.03. The van der Waals surface area contributed by atoms with Crippen molar-refractivity contribution in [3.63, 3.8) is 0 Å².